The smallest absolute Gasteiger partial charge is 0.258 e. The first-order chi connectivity index (χ1) is 13.3. The number of hydrogen-bond donors (Lipinski definition) is 1. The normalized spacial score (nSPS) is 15.6. The van der Waals surface area contributed by atoms with E-state index in [1.54, 1.807) is 12.1 Å². The van der Waals surface area contributed by atoms with Crippen LogP contribution in [0, 0.1) is 5.82 Å². The number of rotatable bonds is 5. The first kappa shape index (κ1) is 20.5. The zero-order chi connectivity index (χ0) is 20.3. The third-order valence-electron chi connectivity index (χ3n) is 4.97. The van der Waals surface area contributed by atoms with Gasteiger partial charge in [-0.2, -0.15) is 4.31 Å². The van der Waals surface area contributed by atoms with Crippen LogP contribution >= 0.6 is 0 Å². The average molecular weight is 405 g/mol. The van der Waals surface area contributed by atoms with Gasteiger partial charge in [0, 0.05) is 18.8 Å². The lowest BCUT2D eigenvalue weighted by molar-refractivity contribution is 0.102. The Balaban J connectivity index is 1.83. The van der Waals surface area contributed by atoms with Gasteiger partial charge in [0.25, 0.3) is 5.91 Å². The summed E-state index contributed by atoms with van der Waals surface area (Å²) in [6.07, 6.45) is 2.61. The van der Waals surface area contributed by atoms with Crippen molar-refractivity contribution in [3.05, 3.63) is 59.4 Å². The number of anilines is 1. The molecule has 1 heterocycles. The minimum atomic E-state index is -3.74. The van der Waals surface area contributed by atoms with E-state index < -0.39 is 21.7 Å². The van der Waals surface area contributed by atoms with Crippen LogP contribution in [0.3, 0.4) is 0 Å². The summed E-state index contributed by atoms with van der Waals surface area (Å²) in [7, 11) is -3.74. The van der Waals surface area contributed by atoms with Crippen LogP contribution in [0.25, 0.3) is 0 Å². The SMILES string of the molecule is CC(C)c1ccc(NC(=O)c2cc(S(=O)(=O)N3CCCCC3)ccc2F)cc1. The van der Waals surface area contributed by atoms with Gasteiger partial charge in [-0.25, -0.2) is 12.8 Å². The van der Waals surface area contributed by atoms with Gasteiger partial charge in [-0.1, -0.05) is 32.4 Å². The van der Waals surface area contributed by atoms with Crippen LogP contribution in [-0.2, 0) is 10.0 Å². The quantitative estimate of drug-likeness (QED) is 0.804. The van der Waals surface area contributed by atoms with Crippen LogP contribution in [-0.4, -0.2) is 31.7 Å². The number of nitrogens with zero attached hydrogens (tertiary/aromatic N) is 1. The summed E-state index contributed by atoms with van der Waals surface area (Å²) in [5.74, 6) is -1.07. The predicted octanol–water partition coefficient (Wildman–Crippen LogP) is 4.38. The molecule has 150 valence electrons. The van der Waals surface area contributed by atoms with Crippen LogP contribution in [0.15, 0.2) is 47.4 Å². The molecule has 0 unspecified atom stereocenters. The Labute approximate surface area is 165 Å². The van der Waals surface area contributed by atoms with Gasteiger partial charge in [0.1, 0.15) is 5.82 Å². The molecule has 1 aliphatic rings. The highest BCUT2D eigenvalue weighted by molar-refractivity contribution is 7.89. The summed E-state index contributed by atoms with van der Waals surface area (Å²) in [5.41, 5.74) is 1.36. The Morgan fingerprint density at radius 3 is 2.29 bits per heavy atom. The topological polar surface area (TPSA) is 66.5 Å². The van der Waals surface area contributed by atoms with Gasteiger partial charge >= 0.3 is 0 Å². The maximum absolute atomic E-state index is 14.3. The predicted molar refractivity (Wildman–Crippen MR) is 107 cm³/mol. The Morgan fingerprint density at radius 2 is 1.68 bits per heavy atom. The minimum absolute atomic E-state index is 0.0592. The largest absolute Gasteiger partial charge is 0.322 e. The molecule has 0 aliphatic carbocycles. The van der Waals surface area contributed by atoms with E-state index in [4.69, 9.17) is 0 Å². The molecule has 0 aromatic heterocycles. The third-order valence-corrected chi connectivity index (χ3v) is 6.87. The lowest BCUT2D eigenvalue weighted by Gasteiger charge is -2.26. The third kappa shape index (κ3) is 4.42. The van der Waals surface area contributed by atoms with Crippen LogP contribution < -0.4 is 5.32 Å². The Kier molecular flexibility index (Phi) is 6.15. The highest BCUT2D eigenvalue weighted by atomic mass is 32.2. The van der Waals surface area contributed by atoms with Crippen LogP contribution in [0.4, 0.5) is 10.1 Å². The van der Waals surface area contributed by atoms with Crippen LogP contribution in [0.5, 0.6) is 0 Å². The minimum Gasteiger partial charge on any atom is -0.322 e. The van der Waals surface area contributed by atoms with Gasteiger partial charge in [-0.05, 0) is 54.7 Å². The van der Waals surface area contributed by atoms with Crippen LogP contribution in [0.2, 0.25) is 0 Å². The zero-order valence-corrected chi connectivity index (χ0v) is 16.9. The second-order valence-electron chi connectivity index (χ2n) is 7.34. The van der Waals surface area contributed by atoms with Crippen molar-refractivity contribution in [1.29, 1.82) is 0 Å². The first-order valence-electron chi connectivity index (χ1n) is 9.50. The number of sulfonamides is 1. The molecule has 1 aliphatic heterocycles. The van der Waals surface area contributed by atoms with E-state index in [0.717, 1.165) is 37.0 Å². The van der Waals surface area contributed by atoms with Gasteiger partial charge in [-0.3, -0.25) is 4.79 Å². The summed E-state index contributed by atoms with van der Waals surface area (Å²) in [6.45, 7) is 5.03. The molecular weight excluding hydrogens is 379 g/mol. The number of halogens is 1. The van der Waals surface area contributed by atoms with Crippen molar-refractivity contribution in [2.75, 3.05) is 18.4 Å². The second-order valence-corrected chi connectivity index (χ2v) is 9.28. The Bertz CT molecular complexity index is 950. The Morgan fingerprint density at radius 1 is 1.04 bits per heavy atom. The molecule has 0 spiro atoms. The van der Waals surface area contributed by atoms with E-state index in [2.05, 4.69) is 19.2 Å². The van der Waals surface area contributed by atoms with E-state index in [1.807, 2.05) is 12.1 Å². The first-order valence-corrected chi connectivity index (χ1v) is 10.9. The van der Waals surface area contributed by atoms with Crippen molar-refractivity contribution in [1.82, 2.24) is 4.31 Å². The van der Waals surface area contributed by atoms with E-state index in [0.29, 0.717) is 24.7 Å². The fraction of sp³-hybridized carbons (Fsp3) is 0.381. The Hall–Kier alpha value is -2.25. The number of hydrogen-bond acceptors (Lipinski definition) is 3. The lowest BCUT2D eigenvalue weighted by atomic mass is 10.0. The summed E-state index contributed by atoms with van der Waals surface area (Å²) in [5, 5.41) is 2.64. The van der Waals surface area contributed by atoms with Gasteiger partial charge in [-0.15, -0.1) is 0 Å². The molecule has 1 saturated heterocycles. The molecule has 0 saturated carbocycles. The van der Waals surface area contributed by atoms with Crippen molar-refractivity contribution >= 4 is 21.6 Å². The number of carbonyl (C=O) groups is 1. The molecule has 2 aromatic rings. The highest BCUT2D eigenvalue weighted by Gasteiger charge is 2.27. The summed E-state index contributed by atoms with van der Waals surface area (Å²) < 4.78 is 41.3. The van der Waals surface area contributed by atoms with E-state index in [-0.39, 0.29) is 10.5 Å². The summed E-state index contributed by atoms with van der Waals surface area (Å²) in [4.78, 5) is 12.5. The zero-order valence-electron chi connectivity index (χ0n) is 16.1. The molecule has 1 amide bonds. The van der Waals surface area contributed by atoms with Gasteiger partial charge in [0.2, 0.25) is 10.0 Å². The van der Waals surface area contributed by atoms with Crippen molar-refractivity contribution in [3.63, 3.8) is 0 Å². The van der Waals surface area contributed by atoms with Crippen molar-refractivity contribution in [2.45, 2.75) is 43.9 Å². The second kappa shape index (κ2) is 8.41. The molecule has 7 heteroatoms. The van der Waals surface area contributed by atoms with Crippen molar-refractivity contribution in [3.8, 4) is 0 Å². The summed E-state index contributed by atoms with van der Waals surface area (Å²) >= 11 is 0. The number of piperidine rings is 1. The fourth-order valence-corrected chi connectivity index (χ4v) is 4.79. The standard InChI is InChI=1S/C21H25FN2O3S/c1-15(2)16-6-8-17(9-7-16)23-21(25)19-14-18(10-11-20(19)22)28(26,27)24-12-4-3-5-13-24/h6-11,14-15H,3-5,12-13H2,1-2H3,(H,23,25). The average Bonchev–Trinajstić information content (AvgIpc) is 2.69. The van der Waals surface area contributed by atoms with Crippen LogP contribution in [0.1, 0.15) is 54.9 Å². The fourth-order valence-electron chi connectivity index (χ4n) is 3.24. The molecule has 1 N–H and O–H groups in total. The maximum Gasteiger partial charge on any atom is 0.258 e. The molecule has 0 atom stereocenters. The highest BCUT2D eigenvalue weighted by Crippen LogP contribution is 2.23. The summed E-state index contributed by atoms with van der Waals surface area (Å²) in [6, 6.07) is 10.7. The molecule has 2 aromatic carbocycles. The van der Waals surface area contributed by atoms with E-state index in [1.165, 1.54) is 10.4 Å². The van der Waals surface area contributed by atoms with Gasteiger partial charge < -0.3 is 5.32 Å². The maximum atomic E-state index is 14.3. The monoisotopic (exact) mass is 404 g/mol. The number of nitrogens with one attached hydrogen (secondary N) is 1. The number of benzene rings is 2. The van der Waals surface area contributed by atoms with Crippen molar-refractivity contribution < 1.29 is 17.6 Å². The van der Waals surface area contributed by atoms with Gasteiger partial charge in [0.15, 0.2) is 0 Å². The molecule has 1 fully saturated rings. The molecule has 0 radical (unpaired) electrons. The number of carbonyl (C=O) groups excluding carboxylic acids is 1. The molecule has 28 heavy (non-hydrogen) atoms. The molecule has 3 rings (SSSR count). The molecular formula is C21H25FN2O3S. The van der Waals surface area contributed by atoms with E-state index >= 15 is 0 Å². The molecule has 0 bridgehead atoms. The number of amides is 1. The lowest BCUT2D eigenvalue weighted by Crippen LogP contribution is -2.35. The molecule has 5 nitrogen and oxygen atoms in total. The van der Waals surface area contributed by atoms with Crippen molar-refractivity contribution in [2.24, 2.45) is 0 Å². The van der Waals surface area contributed by atoms with Gasteiger partial charge in [0.05, 0.1) is 10.5 Å². The van der Waals surface area contributed by atoms with E-state index in [9.17, 15) is 17.6 Å².